The fraction of sp³-hybridized carbons (Fsp3) is 0.714. The maximum absolute atomic E-state index is 5.92. The highest BCUT2D eigenvalue weighted by Gasteiger charge is 2.18. The molecule has 0 aliphatic heterocycles. The minimum Gasteiger partial charge on any atom is -0.367 e. The molecule has 5 nitrogen and oxygen atoms in total. The molecule has 0 amide bonds. The Hall–Kier alpha value is -1.36. The van der Waals surface area contributed by atoms with Gasteiger partial charge in [-0.2, -0.15) is 4.98 Å². The first-order valence-electron chi connectivity index (χ1n) is 7.37. The maximum Gasteiger partial charge on any atom is 0.224 e. The smallest absolute Gasteiger partial charge is 0.224 e. The van der Waals surface area contributed by atoms with Crippen molar-refractivity contribution in [1.29, 1.82) is 0 Å². The molecule has 4 N–H and O–H groups in total. The second kappa shape index (κ2) is 7.28. The van der Waals surface area contributed by atoms with Crippen molar-refractivity contribution >= 4 is 11.8 Å². The molecule has 2 rings (SSSR count). The zero-order valence-corrected chi connectivity index (χ0v) is 11.7. The van der Waals surface area contributed by atoms with Gasteiger partial charge < -0.3 is 16.4 Å². The van der Waals surface area contributed by atoms with Crippen LogP contribution in [-0.4, -0.2) is 28.6 Å². The zero-order chi connectivity index (χ0) is 13.5. The van der Waals surface area contributed by atoms with Gasteiger partial charge in [-0.25, -0.2) is 4.98 Å². The maximum atomic E-state index is 5.92. The third-order valence-corrected chi connectivity index (χ3v) is 3.59. The quantitative estimate of drug-likeness (QED) is 0.687. The number of hydrogen-bond acceptors (Lipinski definition) is 5. The third-order valence-electron chi connectivity index (χ3n) is 3.59. The lowest BCUT2D eigenvalue weighted by Gasteiger charge is -2.27. The highest BCUT2D eigenvalue weighted by Crippen LogP contribution is 2.20. The van der Waals surface area contributed by atoms with Gasteiger partial charge in [-0.05, 0) is 38.2 Å². The fourth-order valence-corrected chi connectivity index (χ4v) is 2.37. The van der Waals surface area contributed by atoms with E-state index in [0.29, 0.717) is 18.0 Å². The highest BCUT2D eigenvalue weighted by atomic mass is 15.1. The van der Waals surface area contributed by atoms with E-state index < -0.39 is 0 Å². The Labute approximate surface area is 115 Å². The van der Waals surface area contributed by atoms with Gasteiger partial charge >= 0.3 is 0 Å². The van der Waals surface area contributed by atoms with Crippen molar-refractivity contribution in [2.75, 3.05) is 17.2 Å². The largest absolute Gasteiger partial charge is 0.367 e. The monoisotopic (exact) mass is 263 g/mol. The van der Waals surface area contributed by atoms with E-state index in [1.807, 2.05) is 6.07 Å². The average molecular weight is 263 g/mol. The van der Waals surface area contributed by atoms with Crippen LogP contribution in [0.3, 0.4) is 0 Å². The number of hydrogen-bond donors (Lipinski definition) is 3. The molecule has 0 bridgehead atoms. The van der Waals surface area contributed by atoms with Gasteiger partial charge in [0.15, 0.2) is 0 Å². The summed E-state index contributed by atoms with van der Waals surface area (Å²) in [4.78, 5) is 8.73. The second-order valence-electron chi connectivity index (χ2n) is 5.30. The van der Waals surface area contributed by atoms with Crippen LogP contribution in [0.25, 0.3) is 0 Å². The number of unbranched alkanes of at least 4 members (excludes halogenated alkanes) is 1. The van der Waals surface area contributed by atoms with E-state index in [2.05, 4.69) is 27.5 Å². The summed E-state index contributed by atoms with van der Waals surface area (Å²) in [5.74, 6) is 1.63. The van der Waals surface area contributed by atoms with Gasteiger partial charge in [0, 0.05) is 24.8 Å². The molecule has 5 heteroatoms. The summed E-state index contributed by atoms with van der Waals surface area (Å²) in [6.07, 6.45) is 8.58. The Morgan fingerprint density at radius 3 is 2.84 bits per heavy atom. The summed E-state index contributed by atoms with van der Waals surface area (Å²) in [5.41, 5.74) is 5.92. The van der Waals surface area contributed by atoms with E-state index >= 15 is 0 Å². The summed E-state index contributed by atoms with van der Waals surface area (Å²) >= 11 is 0. The first-order valence-corrected chi connectivity index (χ1v) is 7.37. The molecule has 0 atom stereocenters. The molecular formula is C14H25N5. The molecule has 1 fully saturated rings. The molecule has 0 spiro atoms. The number of nitrogens with two attached hydrogens (primary N) is 1. The van der Waals surface area contributed by atoms with E-state index in [1.165, 1.54) is 6.42 Å². The summed E-state index contributed by atoms with van der Waals surface area (Å²) in [6.45, 7) is 3.10. The Bertz CT molecular complexity index is 374. The highest BCUT2D eigenvalue weighted by molar-refractivity contribution is 5.40. The molecule has 19 heavy (non-hydrogen) atoms. The van der Waals surface area contributed by atoms with Crippen molar-refractivity contribution in [1.82, 2.24) is 9.97 Å². The van der Waals surface area contributed by atoms with Gasteiger partial charge in [0.1, 0.15) is 5.82 Å². The van der Waals surface area contributed by atoms with E-state index in [9.17, 15) is 0 Å². The molecule has 0 radical (unpaired) electrons. The molecule has 1 aliphatic rings. The minimum atomic E-state index is 0.384. The minimum absolute atomic E-state index is 0.384. The molecule has 1 saturated carbocycles. The number of aromatic nitrogens is 2. The second-order valence-corrected chi connectivity index (χ2v) is 5.30. The van der Waals surface area contributed by atoms with Crippen molar-refractivity contribution in [3.05, 3.63) is 12.3 Å². The number of nitrogens with one attached hydrogen (secondary N) is 2. The van der Waals surface area contributed by atoms with Gasteiger partial charge in [-0.1, -0.05) is 13.3 Å². The number of nitrogens with zero attached hydrogens (tertiary/aromatic N) is 2. The third kappa shape index (κ3) is 4.67. The van der Waals surface area contributed by atoms with Crippen molar-refractivity contribution in [3.8, 4) is 0 Å². The molecule has 0 unspecified atom stereocenters. The van der Waals surface area contributed by atoms with Crippen LogP contribution in [0.4, 0.5) is 11.8 Å². The molecule has 1 aromatic heterocycles. The predicted molar refractivity (Wildman–Crippen MR) is 79.3 cm³/mol. The molecule has 106 valence electrons. The van der Waals surface area contributed by atoms with E-state index in [0.717, 1.165) is 44.5 Å². The van der Waals surface area contributed by atoms with Crippen molar-refractivity contribution in [2.45, 2.75) is 57.5 Å². The van der Waals surface area contributed by atoms with Gasteiger partial charge in [0.25, 0.3) is 0 Å². The van der Waals surface area contributed by atoms with Crippen LogP contribution in [0.1, 0.15) is 45.4 Å². The van der Waals surface area contributed by atoms with Gasteiger partial charge in [0.2, 0.25) is 5.95 Å². The van der Waals surface area contributed by atoms with Crippen LogP contribution in [0.15, 0.2) is 12.3 Å². The summed E-state index contributed by atoms with van der Waals surface area (Å²) in [7, 11) is 0. The topological polar surface area (TPSA) is 75.9 Å². The van der Waals surface area contributed by atoms with E-state index in [4.69, 9.17) is 5.73 Å². The van der Waals surface area contributed by atoms with Crippen LogP contribution in [0.5, 0.6) is 0 Å². The van der Waals surface area contributed by atoms with E-state index in [-0.39, 0.29) is 0 Å². The summed E-state index contributed by atoms with van der Waals surface area (Å²) in [6, 6.07) is 2.81. The molecule has 0 aromatic carbocycles. The molecule has 1 aromatic rings. The van der Waals surface area contributed by atoms with E-state index in [1.54, 1.807) is 6.20 Å². The average Bonchev–Trinajstić information content (AvgIpc) is 2.42. The summed E-state index contributed by atoms with van der Waals surface area (Å²) in [5, 5.41) is 6.73. The molecule has 1 aliphatic carbocycles. The molecular weight excluding hydrogens is 238 g/mol. The lowest BCUT2D eigenvalue weighted by Crippen LogP contribution is -2.33. The first-order chi connectivity index (χ1) is 9.28. The normalized spacial score (nSPS) is 23.1. The van der Waals surface area contributed by atoms with Crippen molar-refractivity contribution < 1.29 is 0 Å². The Morgan fingerprint density at radius 2 is 2.11 bits per heavy atom. The SMILES string of the molecule is CCCCNc1nccc(NC2CCC(N)CC2)n1. The zero-order valence-electron chi connectivity index (χ0n) is 11.7. The van der Waals surface area contributed by atoms with Crippen molar-refractivity contribution in [2.24, 2.45) is 5.73 Å². The molecule has 0 saturated heterocycles. The van der Waals surface area contributed by atoms with Gasteiger partial charge in [-0.15, -0.1) is 0 Å². The standard InChI is InChI=1S/C14H25N5/c1-2-3-9-16-14-17-10-8-13(19-14)18-12-6-4-11(15)5-7-12/h8,10-12H,2-7,9,15H2,1H3,(H2,16,17,18,19). The predicted octanol–water partition coefficient (Wildman–Crippen LogP) is 2.37. The van der Waals surface area contributed by atoms with Gasteiger partial charge in [-0.3, -0.25) is 0 Å². The van der Waals surface area contributed by atoms with Crippen LogP contribution in [0.2, 0.25) is 0 Å². The molecule has 1 heterocycles. The Balaban J connectivity index is 1.84. The van der Waals surface area contributed by atoms with Crippen molar-refractivity contribution in [3.63, 3.8) is 0 Å². The lowest BCUT2D eigenvalue weighted by molar-refractivity contribution is 0.410. The van der Waals surface area contributed by atoms with Crippen LogP contribution >= 0.6 is 0 Å². The summed E-state index contributed by atoms with van der Waals surface area (Å²) < 4.78 is 0. The first kappa shape index (κ1) is 14.1. The fourth-order valence-electron chi connectivity index (χ4n) is 2.37. The number of anilines is 2. The van der Waals surface area contributed by atoms with Crippen LogP contribution in [0, 0.1) is 0 Å². The van der Waals surface area contributed by atoms with Crippen LogP contribution in [-0.2, 0) is 0 Å². The Kier molecular flexibility index (Phi) is 5.39. The number of rotatable bonds is 6. The lowest BCUT2D eigenvalue weighted by atomic mass is 9.92. The van der Waals surface area contributed by atoms with Crippen LogP contribution < -0.4 is 16.4 Å². The van der Waals surface area contributed by atoms with Gasteiger partial charge in [0.05, 0.1) is 0 Å². The Morgan fingerprint density at radius 1 is 1.32 bits per heavy atom.